The van der Waals surface area contributed by atoms with Gasteiger partial charge < -0.3 is 10.7 Å². The monoisotopic (exact) mass is 297 g/mol. The van der Waals surface area contributed by atoms with Gasteiger partial charge in [0.2, 0.25) is 0 Å². The van der Waals surface area contributed by atoms with E-state index in [1.807, 2.05) is 13.2 Å². The highest BCUT2D eigenvalue weighted by molar-refractivity contribution is 9.10. The number of hydrogen-bond acceptors (Lipinski definition) is 6. The molecule has 0 aliphatic heterocycles. The fourth-order valence-corrected chi connectivity index (χ4v) is 1.80. The third kappa shape index (κ3) is 2.71. The van der Waals surface area contributed by atoms with Gasteiger partial charge in [-0.25, -0.2) is 15.8 Å². The minimum atomic E-state index is 0.536. The first-order valence-corrected chi connectivity index (χ1v) is 5.68. The van der Waals surface area contributed by atoms with Gasteiger partial charge in [-0.05, 0) is 15.9 Å². The van der Waals surface area contributed by atoms with Gasteiger partial charge in [-0.15, -0.1) is 0 Å². The van der Waals surface area contributed by atoms with E-state index in [4.69, 9.17) is 5.84 Å². The Hall–Kier alpha value is -1.67. The second-order valence-electron chi connectivity index (χ2n) is 3.41. The Kier molecular flexibility index (Phi) is 3.55. The molecule has 0 amide bonds. The van der Waals surface area contributed by atoms with Gasteiger partial charge in [0, 0.05) is 25.4 Å². The summed E-state index contributed by atoms with van der Waals surface area (Å²) >= 11 is 3.37. The molecule has 0 bridgehead atoms. The molecule has 0 fully saturated rings. The van der Waals surface area contributed by atoms with E-state index in [0.717, 1.165) is 5.56 Å². The van der Waals surface area contributed by atoms with Crippen LogP contribution in [0.5, 0.6) is 0 Å². The summed E-state index contributed by atoms with van der Waals surface area (Å²) in [5.74, 6) is 6.53. The number of halogens is 1. The molecule has 8 heteroatoms. The highest BCUT2D eigenvalue weighted by Crippen LogP contribution is 2.25. The Morgan fingerprint density at radius 1 is 1.41 bits per heavy atom. The molecule has 0 aromatic carbocycles. The lowest BCUT2D eigenvalue weighted by molar-refractivity contribution is 0.767. The van der Waals surface area contributed by atoms with Crippen molar-refractivity contribution in [1.82, 2.24) is 19.7 Å². The van der Waals surface area contributed by atoms with E-state index in [0.29, 0.717) is 22.7 Å². The molecule has 2 aromatic heterocycles. The van der Waals surface area contributed by atoms with Crippen LogP contribution in [-0.2, 0) is 13.6 Å². The lowest BCUT2D eigenvalue weighted by atomic mass is 10.3. The third-order valence-corrected chi connectivity index (χ3v) is 2.90. The highest BCUT2D eigenvalue weighted by Gasteiger charge is 2.07. The van der Waals surface area contributed by atoms with Gasteiger partial charge in [-0.2, -0.15) is 5.10 Å². The van der Waals surface area contributed by atoms with Crippen LogP contribution in [-0.4, -0.2) is 19.7 Å². The van der Waals surface area contributed by atoms with Crippen LogP contribution in [0.2, 0.25) is 0 Å². The number of aryl methyl sites for hydroxylation is 1. The minimum Gasteiger partial charge on any atom is -0.365 e. The van der Waals surface area contributed by atoms with Crippen LogP contribution in [0, 0.1) is 0 Å². The molecule has 4 N–H and O–H groups in total. The van der Waals surface area contributed by atoms with Gasteiger partial charge in [-0.1, -0.05) is 0 Å². The van der Waals surface area contributed by atoms with E-state index in [1.165, 1.54) is 6.33 Å². The Balaban J connectivity index is 2.09. The number of nitrogen functional groups attached to an aromatic ring is 1. The van der Waals surface area contributed by atoms with Crippen LogP contribution in [0.15, 0.2) is 23.2 Å². The first-order valence-electron chi connectivity index (χ1n) is 4.89. The summed E-state index contributed by atoms with van der Waals surface area (Å²) in [6, 6.07) is 0. The van der Waals surface area contributed by atoms with Crippen molar-refractivity contribution in [1.29, 1.82) is 0 Å². The topological polar surface area (TPSA) is 93.7 Å². The number of nitrogens with one attached hydrogen (secondary N) is 2. The largest absolute Gasteiger partial charge is 0.365 e. The van der Waals surface area contributed by atoms with Crippen molar-refractivity contribution in [2.24, 2.45) is 12.9 Å². The molecule has 2 heterocycles. The fraction of sp³-hybridized carbons (Fsp3) is 0.222. The van der Waals surface area contributed by atoms with Crippen molar-refractivity contribution in [2.45, 2.75) is 6.54 Å². The van der Waals surface area contributed by atoms with E-state index in [-0.39, 0.29) is 0 Å². The maximum absolute atomic E-state index is 5.32. The van der Waals surface area contributed by atoms with E-state index < -0.39 is 0 Å². The minimum absolute atomic E-state index is 0.536. The van der Waals surface area contributed by atoms with Gasteiger partial charge in [0.05, 0.1) is 6.20 Å². The van der Waals surface area contributed by atoms with Crippen LogP contribution in [0.1, 0.15) is 5.56 Å². The van der Waals surface area contributed by atoms with Gasteiger partial charge in [0.25, 0.3) is 0 Å². The molecule has 7 nitrogen and oxygen atoms in total. The van der Waals surface area contributed by atoms with Crippen molar-refractivity contribution >= 4 is 27.6 Å². The summed E-state index contributed by atoms with van der Waals surface area (Å²) in [6.45, 7) is 0.632. The van der Waals surface area contributed by atoms with Gasteiger partial charge in [0.15, 0.2) is 5.82 Å². The summed E-state index contributed by atoms with van der Waals surface area (Å²) in [4.78, 5) is 8.08. The predicted octanol–water partition coefficient (Wildman–Crippen LogP) is 0.870. The Morgan fingerprint density at radius 3 is 2.82 bits per heavy atom. The number of aromatic nitrogens is 4. The molecule has 2 rings (SSSR count). The van der Waals surface area contributed by atoms with Crippen molar-refractivity contribution < 1.29 is 0 Å². The summed E-state index contributed by atoms with van der Waals surface area (Å²) in [5, 5.41) is 7.26. The van der Waals surface area contributed by atoms with Gasteiger partial charge in [-0.3, -0.25) is 4.68 Å². The lowest BCUT2D eigenvalue weighted by Crippen LogP contribution is -2.11. The number of nitrogens with zero attached hydrogens (tertiary/aromatic N) is 4. The van der Waals surface area contributed by atoms with E-state index in [2.05, 4.69) is 41.7 Å². The van der Waals surface area contributed by atoms with E-state index in [1.54, 1.807) is 10.9 Å². The van der Waals surface area contributed by atoms with Gasteiger partial charge >= 0.3 is 0 Å². The summed E-state index contributed by atoms with van der Waals surface area (Å²) < 4.78 is 2.45. The summed E-state index contributed by atoms with van der Waals surface area (Å²) in [5.41, 5.74) is 3.55. The summed E-state index contributed by atoms with van der Waals surface area (Å²) in [7, 11) is 1.88. The van der Waals surface area contributed by atoms with Crippen LogP contribution in [0.4, 0.5) is 11.6 Å². The SMILES string of the molecule is Cn1cc(CNc2ncnc(NN)c2Br)cn1. The van der Waals surface area contributed by atoms with Crippen LogP contribution < -0.4 is 16.6 Å². The fourth-order valence-electron chi connectivity index (χ4n) is 1.34. The molecule has 0 unspecified atom stereocenters. The molecule has 0 atom stereocenters. The number of anilines is 2. The maximum atomic E-state index is 5.32. The standard InChI is InChI=1S/C9H12BrN7/c1-17-4-6(3-15-17)2-12-8-7(10)9(16-11)14-5-13-8/h3-5H,2,11H2,1H3,(H2,12,13,14,16). The number of hydrogen-bond donors (Lipinski definition) is 3. The second-order valence-corrected chi connectivity index (χ2v) is 4.20. The zero-order valence-corrected chi connectivity index (χ0v) is 10.8. The molecule has 0 saturated heterocycles. The van der Waals surface area contributed by atoms with E-state index in [9.17, 15) is 0 Å². The van der Waals surface area contributed by atoms with Crippen molar-refractivity contribution in [3.05, 3.63) is 28.8 Å². The highest BCUT2D eigenvalue weighted by atomic mass is 79.9. The average molecular weight is 298 g/mol. The number of nitrogens with two attached hydrogens (primary N) is 1. The zero-order valence-electron chi connectivity index (χ0n) is 9.18. The first kappa shape index (κ1) is 11.8. The zero-order chi connectivity index (χ0) is 12.3. The van der Waals surface area contributed by atoms with Crippen LogP contribution in [0.25, 0.3) is 0 Å². The molecule has 0 aliphatic carbocycles. The molecule has 0 aliphatic rings. The van der Waals surface area contributed by atoms with Gasteiger partial charge in [0.1, 0.15) is 16.6 Å². The molecular formula is C9H12BrN7. The van der Waals surface area contributed by atoms with E-state index >= 15 is 0 Å². The molecule has 0 saturated carbocycles. The Morgan fingerprint density at radius 2 is 2.18 bits per heavy atom. The van der Waals surface area contributed by atoms with Crippen LogP contribution >= 0.6 is 15.9 Å². The lowest BCUT2D eigenvalue weighted by Gasteiger charge is -2.08. The van der Waals surface area contributed by atoms with Crippen molar-refractivity contribution in [3.8, 4) is 0 Å². The average Bonchev–Trinajstić information content (AvgIpc) is 2.74. The quantitative estimate of drug-likeness (QED) is 0.573. The summed E-state index contributed by atoms with van der Waals surface area (Å²) in [6.07, 6.45) is 5.17. The molecule has 2 aromatic rings. The smallest absolute Gasteiger partial charge is 0.159 e. The first-order chi connectivity index (χ1) is 8.20. The number of hydrazine groups is 1. The Labute approximate surface area is 107 Å². The number of rotatable bonds is 4. The van der Waals surface area contributed by atoms with Crippen LogP contribution in [0.3, 0.4) is 0 Å². The molecule has 0 spiro atoms. The molecule has 17 heavy (non-hydrogen) atoms. The second kappa shape index (κ2) is 5.11. The Bertz CT molecular complexity index is 510. The molecule has 90 valence electrons. The molecular weight excluding hydrogens is 286 g/mol. The third-order valence-electron chi connectivity index (χ3n) is 2.14. The normalized spacial score (nSPS) is 10.3. The predicted molar refractivity (Wildman–Crippen MR) is 68.1 cm³/mol. The van der Waals surface area contributed by atoms with Crippen molar-refractivity contribution in [3.63, 3.8) is 0 Å². The van der Waals surface area contributed by atoms with Crippen molar-refractivity contribution in [2.75, 3.05) is 10.7 Å². The maximum Gasteiger partial charge on any atom is 0.159 e. The molecule has 0 radical (unpaired) electrons.